The van der Waals surface area contributed by atoms with E-state index < -0.39 is 11.7 Å². The number of rotatable bonds is 5. The van der Waals surface area contributed by atoms with Gasteiger partial charge in [-0.25, -0.2) is 9.78 Å². The molecule has 1 heterocycles. The molecule has 1 amide bonds. The average Bonchev–Trinajstić information content (AvgIpc) is 2.34. The normalized spacial score (nSPS) is 12.4. The van der Waals surface area contributed by atoms with E-state index in [9.17, 15) is 9.59 Å². The van der Waals surface area contributed by atoms with Gasteiger partial charge in [-0.05, 0) is 39.8 Å². The number of aldehydes is 1. The highest BCUT2D eigenvalue weighted by Crippen LogP contribution is 2.09. The summed E-state index contributed by atoms with van der Waals surface area (Å²) < 4.78 is 10.6. The topological polar surface area (TPSA) is 77.5 Å². The standard InChI is InChI=1S/C14H20N2O4/c1-10(16-13(18)20-14(2,3)4)9-19-12-6-5-11(8-17)15-7-12/h5-8,10H,9H2,1-4H3,(H,16,18)/t10-/m0/s1. The number of amides is 1. The molecule has 0 aliphatic rings. The molecule has 1 N–H and O–H groups in total. The molecule has 0 radical (unpaired) electrons. The first-order chi connectivity index (χ1) is 9.30. The molecule has 0 unspecified atom stereocenters. The molecule has 110 valence electrons. The van der Waals surface area contributed by atoms with Crippen LogP contribution < -0.4 is 10.1 Å². The molecular formula is C14H20N2O4. The molecule has 0 fully saturated rings. The maximum absolute atomic E-state index is 11.5. The molecule has 0 saturated heterocycles. The number of carbonyl (C=O) groups excluding carboxylic acids is 2. The highest BCUT2D eigenvalue weighted by molar-refractivity contribution is 5.71. The predicted octanol–water partition coefficient (Wildman–Crippen LogP) is 2.19. The SMILES string of the molecule is C[C@@H](COc1ccc(C=O)nc1)NC(=O)OC(C)(C)C. The third-order valence-electron chi connectivity index (χ3n) is 2.14. The van der Waals surface area contributed by atoms with Crippen LogP contribution in [0.15, 0.2) is 18.3 Å². The van der Waals surface area contributed by atoms with Crippen molar-refractivity contribution < 1.29 is 19.1 Å². The highest BCUT2D eigenvalue weighted by atomic mass is 16.6. The lowest BCUT2D eigenvalue weighted by Crippen LogP contribution is -2.40. The van der Waals surface area contributed by atoms with Crippen molar-refractivity contribution in [2.75, 3.05) is 6.61 Å². The van der Waals surface area contributed by atoms with Gasteiger partial charge in [-0.15, -0.1) is 0 Å². The van der Waals surface area contributed by atoms with Crippen LogP contribution in [0.5, 0.6) is 5.75 Å². The molecule has 20 heavy (non-hydrogen) atoms. The van der Waals surface area contributed by atoms with E-state index in [4.69, 9.17) is 9.47 Å². The summed E-state index contributed by atoms with van der Waals surface area (Å²) in [5.41, 5.74) is -0.184. The molecule has 1 aromatic rings. The number of hydrogen-bond acceptors (Lipinski definition) is 5. The number of alkyl carbamates (subject to hydrolysis) is 1. The Morgan fingerprint density at radius 1 is 1.45 bits per heavy atom. The molecule has 0 saturated carbocycles. The Labute approximate surface area is 118 Å². The van der Waals surface area contributed by atoms with Crippen LogP contribution in [0, 0.1) is 0 Å². The van der Waals surface area contributed by atoms with Crippen LogP contribution in [0.4, 0.5) is 4.79 Å². The van der Waals surface area contributed by atoms with Crippen molar-refractivity contribution in [3.8, 4) is 5.75 Å². The number of nitrogens with one attached hydrogen (secondary N) is 1. The smallest absolute Gasteiger partial charge is 0.407 e. The lowest BCUT2D eigenvalue weighted by atomic mass is 10.2. The minimum Gasteiger partial charge on any atom is -0.490 e. The van der Waals surface area contributed by atoms with Gasteiger partial charge in [-0.3, -0.25) is 4.79 Å². The van der Waals surface area contributed by atoms with Gasteiger partial charge in [0.05, 0.1) is 12.2 Å². The molecule has 1 rings (SSSR count). The molecule has 0 spiro atoms. The van der Waals surface area contributed by atoms with E-state index in [0.29, 0.717) is 17.7 Å². The second kappa shape index (κ2) is 6.88. The highest BCUT2D eigenvalue weighted by Gasteiger charge is 2.17. The van der Waals surface area contributed by atoms with Gasteiger partial charge in [0.15, 0.2) is 6.29 Å². The quantitative estimate of drug-likeness (QED) is 0.836. The molecule has 6 nitrogen and oxygen atoms in total. The van der Waals surface area contributed by atoms with E-state index in [0.717, 1.165) is 0 Å². The third kappa shape index (κ3) is 6.17. The van der Waals surface area contributed by atoms with Crippen LogP contribution in [0.1, 0.15) is 38.2 Å². The Morgan fingerprint density at radius 2 is 2.15 bits per heavy atom. The van der Waals surface area contributed by atoms with Crippen LogP contribution in [-0.4, -0.2) is 35.6 Å². The average molecular weight is 280 g/mol. The van der Waals surface area contributed by atoms with Crippen LogP contribution >= 0.6 is 0 Å². The van der Waals surface area contributed by atoms with Gasteiger partial charge in [0.25, 0.3) is 0 Å². The number of nitrogens with zero attached hydrogens (tertiary/aromatic N) is 1. The molecule has 0 aromatic carbocycles. The van der Waals surface area contributed by atoms with Crippen LogP contribution in [-0.2, 0) is 4.74 Å². The summed E-state index contributed by atoms with van der Waals surface area (Å²) in [7, 11) is 0. The fourth-order valence-electron chi connectivity index (χ4n) is 1.32. The fourth-order valence-corrected chi connectivity index (χ4v) is 1.32. The number of pyridine rings is 1. The molecule has 1 atom stereocenters. The van der Waals surface area contributed by atoms with Crippen molar-refractivity contribution in [3.05, 3.63) is 24.0 Å². The molecular weight excluding hydrogens is 260 g/mol. The number of ether oxygens (including phenoxy) is 2. The molecule has 0 aliphatic heterocycles. The van der Waals surface area contributed by atoms with Gasteiger partial charge in [0.2, 0.25) is 0 Å². The predicted molar refractivity (Wildman–Crippen MR) is 74.0 cm³/mol. The lowest BCUT2D eigenvalue weighted by molar-refractivity contribution is 0.0493. The first-order valence-electron chi connectivity index (χ1n) is 6.33. The van der Waals surface area contributed by atoms with Crippen molar-refractivity contribution in [2.24, 2.45) is 0 Å². The number of aromatic nitrogens is 1. The van der Waals surface area contributed by atoms with E-state index in [2.05, 4.69) is 10.3 Å². The van der Waals surface area contributed by atoms with E-state index in [1.54, 1.807) is 39.8 Å². The first-order valence-corrected chi connectivity index (χ1v) is 6.33. The number of hydrogen-bond donors (Lipinski definition) is 1. The van der Waals surface area contributed by atoms with Gasteiger partial charge in [0.1, 0.15) is 23.7 Å². The second-order valence-corrected chi connectivity index (χ2v) is 5.39. The zero-order chi connectivity index (χ0) is 15.2. The van der Waals surface area contributed by atoms with Crippen LogP contribution in [0.3, 0.4) is 0 Å². The van der Waals surface area contributed by atoms with Crippen molar-refractivity contribution in [2.45, 2.75) is 39.3 Å². The minimum absolute atomic E-state index is 0.212. The number of carbonyl (C=O) groups is 2. The van der Waals surface area contributed by atoms with Crippen molar-refractivity contribution in [1.29, 1.82) is 0 Å². The Hall–Kier alpha value is -2.11. The van der Waals surface area contributed by atoms with E-state index >= 15 is 0 Å². The molecule has 6 heteroatoms. The largest absolute Gasteiger partial charge is 0.490 e. The van der Waals surface area contributed by atoms with Gasteiger partial charge in [-0.2, -0.15) is 0 Å². The summed E-state index contributed by atoms with van der Waals surface area (Å²) in [6.07, 6.45) is 1.64. The van der Waals surface area contributed by atoms with E-state index in [-0.39, 0.29) is 12.6 Å². The third-order valence-corrected chi connectivity index (χ3v) is 2.14. The molecule has 0 aliphatic carbocycles. The van der Waals surface area contributed by atoms with Gasteiger partial charge in [-0.1, -0.05) is 0 Å². The van der Waals surface area contributed by atoms with Crippen molar-refractivity contribution in [1.82, 2.24) is 10.3 Å². The van der Waals surface area contributed by atoms with Gasteiger partial charge < -0.3 is 14.8 Å². The summed E-state index contributed by atoms with van der Waals surface area (Å²) in [4.78, 5) is 25.9. The maximum Gasteiger partial charge on any atom is 0.407 e. The summed E-state index contributed by atoms with van der Waals surface area (Å²) in [5.74, 6) is 0.536. The Balaban J connectivity index is 2.37. The Bertz CT molecular complexity index is 451. The van der Waals surface area contributed by atoms with Gasteiger partial charge in [0, 0.05) is 0 Å². The minimum atomic E-state index is -0.529. The summed E-state index contributed by atoms with van der Waals surface area (Å²) in [6.45, 7) is 7.48. The van der Waals surface area contributed by atoms with E-state index in [1.807, 2.05) is 0 Å². The first kappa shape index (κ1) is 15.9. The summed E-state index contributed by atoms with van der Waals surface area (Å²) >= 11 is 0. The maximum atomic E-state index is 11.5. The van der Waals surface area contributed by atoms with Crippen LogP contribution in [0.2, 0.25) is 0 Å². The Morgan fingerprint density at radius 3 is 2.65 bits per heavy atom. The molecule has 0 bridgehead atoms. The van der Waals surface area contributed by atoms with Crippen LogP contribution in [0.25, 0.3) is 0 Å². The van der Waals surface area contributed by atoms with Crippen molar-refractivity contribution >= 4 is 12.4 Å². The fraction of sp³-hybridized carbons (Fsp3) is 0.500. The molecule has 1 aromatic heterocycles. The monoisotopic (exact) mass is 280 g/mol. The Kier molecular flexibility index (Phi) is 5.49. The zero-order valence-corrected chi connectivity index (χ0v) is 12.2. The van der Waals surface area contributed by atoms with E-state index in [1.165, 1.54) is 6.20 Å². The van der Waals surface area contributed by atoms with Gasteiger partial charge >= 0.3 is 6.09 Å². The zero-order valence-electron chi connectivity index (χ0n) is 12.2. The summed E-state index contributed by atoms with van der Waals surface area (Å²) in [5, 5.41) is 2.67. The van der Waals surface area contributed by atoms with Crippen molar-refractivity contribution in [3.63, 3.8) is 0 Å². The second-order valence-electron chi connectivity index (χ2n) is 5.39. The summed E-state index contributed by atoms with van der Waals surface area (Å²) in [6, 6.07) is 3.00. The lowest BCUT2D eigenvalue weighted by Gasteiger charge is -2.22.